The fraction of sp³-hybridized carbons (Fsp3) is 0.692. The zero-order chi connectivity index (χ0) is 12.3. The van der Waals surface area contributed by atoms with Crippen LogP contribution in [0, 0.1) is 0 Å². The van der Waals surface area contributed by atoms with Crippen molar-refractivity contribution >= 4 is 0 Å². The van der Waals surface area contributed by atoms with E-state index in [2.05, 4.69) is 16.9 Å². The van der Waals surface area contributed by atoms with Crippen molar-refractivity contribution in [1.29, 1.82) is 0 Å². The smallest absolute Gasteiger partial charge is 0.254 e. The molecule has 0 aliphatic heterocycles. The zero-order valence-corrected chi connectivity index (χ0v) is 10.5. The Bertz CT molecular complexity index is 435. The van der Waals surface area contributed by atoms with E-state index in [9.17, 15) is 4.79 Å². The highest BCUT2D eigenvalue weighted by Gasteiger charge is 2.23. The van der Waals surface area contributed by atoms with Gasteiger partial charge in [-0.15, -0.1) is 0 Å². The van der Waals surface area contributed by atoms with Crippen LogP contribution in [0.1, 0.15) is 55.6 Å². The highest BCUT2D eigenvalue weighted by atomic mass is 16.1. The van der Waals surface area contributed by atoms with Crippen molar-refractivity contribution in [2.75, 3.05) is 6.54 Å². The van der Waals surface area contributed by atoms with Gasteiger partial charge in [-0.25, -0.2) is 4.98 Å². The summed E-state index contributed by atoms with van der Waals surface area (Å²) >= 11 is 0. The predicted molar refractivity (Wildman–Crippen MR) is 68.2 cm³/mol. The number of nitrogens with zero attached hydrogens (tertiary/aromatic N) is 1. The van der Waals surface area contributed by atoms with Crippen LogP contribution >= 0.6 is 0 Å². The minimum Gasteiger partial charge on any atom is -0.330 e. The van der Waals surface area contributed by atoms with E-state index < -0.39 is 0 Å². The molecule has 1 aromatic rings. The van der Waals surface area contributed by atoms with Crippen LogP contribution < -0.4 is 11.3 Å². The van der Waals surface area contributed by atoms with Crippen molar-refractivity contribution in [2.24, 2.45) is 5.73 Å². The molecule has 1 aliphatic rings. The second kappa shape index (κ2) is 5.45. The van der Waals surface area contributed by atoms with E-state index in [0.29, 0.717) is 12.5 Å². The van der Waals surface area contributed by atoms with Crippen molar-refractivity contribution in [3.05, 3.63) is 27.4 Å². The van der Waals surface area contributed by atoms with Crippen LogP contribution in [-0.4, -0.2) is 16.5 Å². The molecule has 1 heterocycles. The van der Waals surface area contributed by atoms with Crippen LogP contribution in [0.2, 0.25) is 0 Å². The maximum Gasteiger partial charge on any atom is 0.254 e. The van der Waals surface area contributed by atoms with Gasteiger partial charge in [0.25, 0.3) is 5.56 Å². The molecule has 17 heavy (non-hydrogen) atoms. The maximum atomic E-state index is 12.0. The summed E-state index contributed by atoms with van der Waals surface area (Å²) in [6.45, 7) is 2.67. The van der Waals surface area contributed by atoms with Crippen LogP contribution in [0.25, 0.3) is 0 Å². The first-order chi connectivity index (χ1) is 8.26. The molecule has 94 valence electrons. The van der Waals surface area contributed by atoms with Crippen molar-refractivity contribution < 1.29 is 0 Å². The molecule has 1 fully saturated rings. The third kappa shape index (κ3) is 2.57. The summed E-state index contributed by atoms with van der Waals surface area (Å²) in [4.78, 5) is 19.6. The van der Waals surface area contributed by atoms with E-state index in [1.54, 1.807) is 0 Å². The Hall–Kier alpha value is -1.16. The first-order valence-corrected chi connectivity index (χ1v) is 6.58. The molecular weight excluding hydrogens is 214 g/mol. The topological polar surface area (TPSA) is 71.8 Å². The molecule has 0 bridgehead atoms. The standard InChI is InChI=1S/C13H21N3O/c1-2-11-10(7-4-8-14)13(17)16-12(15-11)9-5-3-6-9/h9H,2-8,14H2,1H3,(H,15,16,17). The normalized spacial score (nSPS) is 15.9. The lowest BCUT2D eigenvalue weighted by molar-refractivity contribution is 0.399. The fourth-order valence-electron chi connectivity index (χ4n) is 2.27. The molecule has 1 aromatic heterocycles. The number of rotatable bonds is 5. The minimum absolute atomic E-state index is 0.0483. The molecule has 0 aromatic carbocycles. The van der Waals surface area contributed by atoms with Crippen LogP contribution in [0.5, 0.6) is 0 Å². The summed E-state index contributed by atoms with van der Waals surface area (Å²) in [5, 5.41) is 0. The Morgan fingerprint density at radius 1 is 1.47 bits per heavy atom. The Kier molecular flexibility index (Phi) is 3.94. The van der Waals surface area contributed by atoms with Crippen LogP contribution in [-0.2, 0) is 12.8 Å². The average molecular weight is 235 g/mol. The summed E-state index contributed by atoms with van der Waals surface area (Å²) in [6, 6.07) is 0. The van der Waals surface area contributed by atoms with Crippen molar-refractivity contribution in [3.8, 4) is 0 Å². The van der Waals surface area contributed by atoms with Crippen LogP contribution in [0.3, 0.4) is 0 Å². The molecule has 0 radical (unpaired) electrons. The Morgan fingerprint density at radius 3 is 2.76 bits per heavy atom. The molecule has 0 saturated heterocycles. The van der Waals surface area contributed by atoms with Gasteiger partial charge in [0.15, 0.2) is 0 Å². The van der Waals surface area contributed by atoms with E-state index in [1.807, 2.05) is 0 Å². The first-order valence-electron chi connectivity index (χ1n) is 6.58. The van der Waals surface area contributed by atoms with Crippen LogP contribution in [0.15, 0.2) is 4.79 Å². The van der Waals surface area contributed by atoms with Gasteiger partial charge in [-0.2, -0.15) is 0 Å². The third-order valence-electron chi connectivity index (χ3n) is 3.58. The Labute approximate surface area is 102 Å². The minimum atomic E-state index is 0.0483. The van der Waals surface area contributed by atoms with Gasteiger partial charge >= 0.3 is 0 Å². The SMILES string of the molecule is CCc1nc(C2CCC2)[nH]c(=O)c1CCCN. The summed E-state index contributed by atoms with van der Waals surface area (Å²) < 4.78 is 0. The number of nitrogens with one attached hydrogen (secondary N) is 1. The molecular formula is C13H21N3O. The molecule has 0 atom stereocenters. The molecule has 3 N–H and O–H groups in total. The lowest BCUT2D eigenvalue weighted by Crippen LogP contribution is -2.24. The molecule has 0 amide bonds. The third-order valence-corrected chi connectivity index (χ3v) is 3.58. The molecule has 4 nitrogen and oxygen atoms in total. The summed E-state index contributed by atoms with van der Waals surface area (Å²) in [5.41, 5.74) is 7.34. The fourth-order valence-corrected chi connectivity index (χ4v) is 2.27. The van der Waals surface area contributed by atoms with Gasteiger partial charge in [0.05, 0.1) is 5.69 Å². The molecule has 1 aliphatic carbocycles. The molecule has 1 saturated carbocycles. The van der Waals surface area contributed by atoms with E-state index in [4.69, 9.17) is 5.73 Å². The van der Waals surface area contributed by atoms with Gasteiger partial charge in [-0.05, 0) is 38.6 Å². The number of nitrogens with two attached hydrogens (primary N) is 1. The zero-order valence-electron chi connectivity index (χ0n) is 10.5. The molecule has 4 heteroatoms. The number of aromatic nitrogens is 2. The van der Waals surface area contributed by atoms with Gasteiger partial charge in [0, 0.05) is 11.5 Å². The second-order valence-electron chi connectivity index (χ2n) is 4.75. The summed E-state index contributed by atoms with van der Waals surface area (Å²) in [5.74, 6) is 1.38. The van der Waals surface area contributed by atoms with Crippen molar-refractivity contribution in [1.82, 2.24) is 9.97 Å². The van der Waals surface area contributed by atoms with E-state index in [-0.39, 0.29) is 5.56 Å². The highest BCUT2D eigenvalue weighted by molar-refractivity contribution is 5.20. The van der Waals surface area contributed by atoms with E-state index >= 15 is 0 Å². The molecule has 0 spiro atoms. The number of hydrogen-bond donors (Lipinski definition) is 2. The predicted octanol–water partition coefficient (Wildman–Crippen LogP) is 1.49. The lowest BCUT2D eigenvalue weighted by Gasteiger charge is -2.24. The highest BCUT2D eigenvalue weighted by Crippen LogP contribution is 2.33. The number of hydrogen-bond acceptors (Lipinski definition) is 3. The molecule has 2 rings (SSSR count). The largest absolute Gasteiger partial charge is 0.330 e. The van der Waals surface area contributed by atoms with Gasteiger partial charge in [0.2, 0.25) is 0 Å². The average Bonchev–Trinajstić information content (AvgIpc) is 2.24. The monoisotopic (exact) mass is 235 g/mol. The number of aryl methyl sites for hydroxylation is 1. The number of aromatic amines is 1. The first kappa shape index (κ1) is 12.3. The van der Waals surface area contributed by atoms with Gasteiger partial charge in [-0.3, -0.25) is 4.79 Å². The lowest BCUT2D eigenvalue weighted by atomic mass is 9.84. The second-order valence-corrected chi connectivity index (χ2v) is 4.75. The van der Waals surface area contributed by atoms with Crippen molar-refractivity contribution in [3.63, 3.8) is 0 Å². The van der Waals surface area contributed by atoms with Crippen LogP contribution in [0.4, 0.5) is 0 Å². The Morgan fingerprint density at radius 2 is 2.24 bits per heavy atom. The summed E-state index contributed by atoms with van der Waals surface area (Å²) in [7, 11) is 0. The number of H-pyrrole nitrogens is 1. The van der Waals surface area contributed by atoms with Crippen molar-refractivity contribution in [2.45, 2.75) is 51.4 Å². The molecule has 0 unspecified atom stereocenters. The van der Waals surface area contributed by atoms with E-state index in [0.717, 1.165) is 49.2 Å². The van der Waals surface area contributed by atoms with Gasteiger partial charge in [0.1, 0.15) is 5.82 Å². The Balaban J connectivity index is 2.29. The van der Waals surface area contributed by atoms with Gasteiger partial charge < -0.3 is 10.7 Å². The summed E-state index contributed by atoms with van der Waals surface area (Å²) in [6.07, 6.45) is 5.99. The van der Waals surface area contributed by atoms with Gasteiger partial charge in [-0.1, -0.05) is 13.3 Å². The quantitative estimate of drug-likeness (QED) is 0.812. The van der Waals surface area contributed by atoms with E-state index in [1.165, 1.54) is 6.42 Å². The maximum absolute atomic E-state index is 12.0.